The minimum Gasteiger partial charge on any atom is -0.339 e. The molecule has 2 fully saturated rings. The van der Waals surface area contributed by atoms with Crippen LogP contribution in [0.4, 0.5) is 0 Å². The van der Waals surface area contributed by atoms with Gasteiger partial charge in [0.25, 0.3) is 0 Å². The summed E-state index contributed by atoms with van der Waals surface area (Å²) < 4.78 is 5.60. The normalized spacial score (nSPS) is 32.3. The largest absolute Gasteiger partial charge is 0.339 e. The molecule has 4 atom stereocenters. The quantitative estimate of drug-likeness (QED) is 0.903. The van der Waals surface area contributed by atoms with Crippen molar-refractivity contribution < 1.29 is 4.52 Å². The molecule has 118 valence electrons. The summed E-state index contributed by atoms with van der Waals surface area (Å²) >= 11 is 0. The molecule has 1 N–H and O–H groups in total. The van der Waals surface area contributed by atoms with Crippen LogP contribution in [0.15, 0.2) is 4.52 Å². The maximum atomic E-state index is 5.60. The van der Waals surface area contributed by atoms with Gasteiger partial charge < -0.3 is 14.7 Å². The zero-order chi connectivity index (χ0) is 15.0. The van der Waals surface area contributed by atoms with Gasteiger partial charge in [-0.05, 0) is 53.1 Å². The van der Waals surface area contributed by atoms with E-state index in [4.69, 9.17) is 9.51 Å². The van der Waals surface area contributed by atoms with E-state index in [0.717, 1.165) is 18.1 Å². The molecule has 2 bridgehead atoms. The molecule has 4 unspecified atom stereocenters. The Balaban J connectivity index is 1.73. The first-order valence-corrected chi connectivity index (χ1v) is 8.36. The number of nitrogens with one attached hydrogen (secondary N) is 1. The molecule has 2 aliphatic heterocycles. The predicted octanol–water partition coefficient (Wildman–Crippen LogP) is 2.51. The fourth-order valence-electron chi connectivity index (χ4n) is 4.13. The van der Waals surface area contributed by atoms with Crippen LogP contribution < -0.4 is 5.32 Å². The lowest BCUT2D eigenvalue weighted by Crippen LogP contribution is -2.39. The maximum Gasteiger partial charge on any atom is 0.231 e. The third-order valence-corrected chi connectivity index (χ3v) is 5.74. The SMILES string of the molecule is CCC(c1nc(C2CC3CCC(C2)N3C)no1)C(C)NC. The second-order valence-corrected chi connectivity index (χ2v) is 6.80. The third-order valence-electron chi connectivity index (χ3n) is 5.74. The van der Waals surface area contributed by atoms with Gasteiger partial charge in [-0.1, -0.05) is 12.1 Å². The summed E-state index contributed by atoms with van der Waals surface area (Å²) in [6.45, 7) is 4.35. The Bertz CT molecular complexity index is 461. The Morgan fingerprint density at radius 3 is 2.57 bits per heavy atom. The highest BCUT2D eigenvalue weighted by Crippen LogP contribution is 2.41. The van der Waals surface area contributed by atoms with E-state index in [1.54, 1.807) is 0 Å². The van der Waals surface area contributed by atoms with Crippen molar-refractivity contribution in [1.82, 2.24) is 20.4 Å². The molecule has 2 saturated heterocycles. The van der Waals surface area contributed by atoms with Crippen molar-refractivity contribution >= 4 is 0 Å². The van der Waals surface area contributed by atoms with Crippen LogP contribution >= 0.6 is 0 Å². The van der Waals surface area contributed by atoms with E-state index in [1.165, 1.54) is 25.7 Å². The van der Waals surface area contributed by atoms with Crippen molar-refractivity contribution in [2.45, 2.75) is 75.9 Å². The van der Waals surface area contributed by atoms with Gasteiger partial charge >= 0.3 is 0 Å². The van der Waals surface area contributed by atoms with Crippen LogP contribution in [0, 0.1) is 0 Å². The first-order valence-electron chi connectivity index (χ1n) is 8.36. The number of rotatable bonds is 5. The number of fused-ring (bicyclic) bond motifs is 2. The number of aromatic nitrogens is 2. The Kier molecular flexibility index (Phi) is 4.31. The molecule has 5 nitrogen and oxygen atoms in total. The molecule has 1 aromatic rings. The molecule has 1 aromatic heterocycles. The first-order chi connectivity index (χ1) is 10.1. The molecule has 3 rings (SSSR count). The number of piperidine rings is 1. The van der Waals surface area contributed by atoms with Crippen LogP contribution in [0.2, 0.25) is 0 Å². The number of nitrogens with zero attached hydrogens (tertiary/aromatic N) is 3. The summed E-state index contributed by atoms with van der Waals surface area (Å²) in [6.07, 6.45) is 6.05. The highest BCUT2D eigenvalue weighted by molar-refractivity contribution is 5.07. The van der Waals surface area contributed by atoms with Gasteiger partial charge in [-0.2, -0.15) is 4.98 Å². The van der Waals surface area contributed by atoms with E-state index in [1.807, 2.05) is 7.05 Å². The molecule has 0 radical (unpaired) electrons. The summed E-state index contributed by atoms with van der Waals surface area (Å²) in [7, 11) is 4.25. The fourth-order valence-corrected chi connectivity index (χ4v) is 4.13. The molecular formula is C16H28N4O. The van der Waals surface area contributed by atoms with Gasteiger partial charge in [0.15, 0.2) is 5.82 Å². The van der Waals surface area contributed by atoms with Gasteiger partial charge in [-0.15, -0.1) is 0 Å². The topological polar surface area (TPSA) is 54.2 Å². The molecule has 0 amide bonds. The van der Waals surface area contributed by atoms with Gasteiger partial charge in [-0.3, -0.25) is 0 Å². The standard InChI is InChI=1S/C16H28N4O/c1-5-14(10(2)17-3)16-18-15(19-21-16)11-8-12-6-7-13(9-11)20(12)4/h10-14,17H,5-9H2,1-4H3. The summed E-state index contributed by atoms with van der Waals surface area (Å²) in [6, 6.07) is 1.79. The van der Waals surface area contributed by atoms with Gasteiger partial charge in [0.2, 0.25) is 5.89 Å². The summed E-state index contributed by atoms with van der Waals surface area (Å²) in [5.41, 5.74) is 0. The van der Waals surface area contributed by atoms with Crippen molar-refractivity contribution in [3.8, 4) is 0 Å². The summed E-state index contributed by atoms with van der Waals surface area (Å²) in [5, 5.41) is 7.61. The molecule has 2 aliphatic rings. The van der Waals surface area contributed by atoms with Gasteiger partial charge in [-0.25, -0.2) is 0 Å². The monoisotopic (exact) mass is 292 g/mol. The molecule has 0 aromatic carbocycles. The Hall–Kier alpha value is -0.940. The maximum absolute atomic E-state index is 5.60. The lowest BCUT2D eigenvalue weighted by molar-refractivity contribution is 0.157. The van der Waals surface area contributed by atoms with Crippen LogP contribution in [-0.4, -0.2) is 47.3 Å². The van der Waals surface area contributed by atoms with Crippen LogP contribution in [0.1, 0.15) is 69.5 Å². The molecule has 5 heteroatoms. The van der Waals surface area contributed by atoms with Gasteiger partial charge in [0, 0.05) is 24.0 Å². The summed E-state index contributed by atoms with van der Waals surface area (Å²) in [5.74, 6) is 2.54. The van der Waals surface area contributed by atoms with E-state index in [2.05, 4.69) is 36.3 Å². The highest BCUT2D eigenvalue weighted by atomic mass is 16.5. The Labute approximate surface area is 127 Å². The first kappa shape index (κ1) is 15.0. The number of likely N-dealkylation sites (N-methyl/N-ethyl adjacent to an activating group) is 1. The molecule has 0 aliphatic carbocycles. The molecule has 0 saturated carbocycles. The van der Waals surface area contributed by atoms with Crippen molar-refractivity contribution in [3.63, 3.8) is 0 Å². The van der Waals surface area contributed by atoms with E-state index in [-0.39, 0.29) is 0 Å². The average Bonchev–Trinajstić information content (AvgIpc) is 3.02. The summed E-state index contributed by atoms with van der Waals surface area (Å²) in [4.78, 5) is 7.31. The zero-order valence-electron chi connectivity index (χ0n) is 13.7. The lowest BCUT2D eigenvalue weighted by Gasteiger charge is -2.34. The lowest BCUT2D eigenvalue weighted by atomic mass is 9.90. The molecule has 3 heterocycles. The zero-order valence-corrected chi connectivity index (χ0v) is 13.7. The van der Waals surface area contributed by atoms with Crippen molar-refractivity contribution in [2.24, 2.45) is 0 Å². The van der Waals surface area contributed by atoms with E-state index < -0.39 is 0 Å². The Morgan fingerprint density at radius 1 is 1.33 bits per heavy atom. The number of hydrogen-bond acceptors (Lipinski definition) is 5. The average molecular weight is 292 g/mol. The second-order valence-electron chi connectivity index (χ2n) is 6.80. The fraction of sp³-hybridized carbons (Fsp3) is 0.875. The van der Waals surface area contributed by atoms with Crippen molar-refractivity contribution in [1.29, 1.82) is 0 Å². The molecule has 21 heavy (non-hydrogen) atoms. The molecular weight excluding hydrogens is 264 g/mol. The van der Waals surface area contributed by atoms with Gasteiger partial charge in [0.05, 0.1) is 5.92 Å². The second kappa shape index (κ2) is 6.05. The van der Waals surface area contributed by atoms with Crippen LogP contribution in [0.3, 0.4) is 0 Å². The third kappa shape index (κ3) is 2.73. The predicted molar refractivity (Wildman–Crippen MR) is 82.4 cm³/mol. The van der Waals surface area contributed by atoms with Crippen LogP contribution in [-0.2, 0) is 0 Å². The van der Waals surface area contributed by atoms with E-state index in [0.29, 0.717) is 30.0 Å². The van der Waals surface area contributed by atoms with Crippen LogP contribution in [0.25, 0.3) is 0 Å². The smallest absolute Gasteiger partial charge is 0.231 e. The minimum absolute atomic E-state index is 0.305. The number of hydrogen-bond donors (Lipinski definition) is 1. The Morgan fingerprint density at radius 2 is 2.00 bits per heavy atom. The molecule has 0 spiro atoms. The van der Waals surface area contributed by atoms with Crippen LogP contribution in [0.5, 0.6) is 0 Å². The van der Waals surface area contributed by atoms with Crippen molar-refractivity contribution in [3.05, 3.63) is 11.7 Å². The minimum atomic E-state index is 0.305. The highest BCUT2D eigenvalue weighted by Gasteiger charge is 2.40. The van der Waals surface area contributed by atoms with Crippen molar-refractivity contribution in [2.75, 3.05) is 14.1 Å². The van der Waals surface area contributed by atoms with Gasteiger partial charge in [0.1, 0.15) is 0 Å². The van der Waals surface area contributed by atoms with E-state index >= 15 is 0 Å². The van der Waals surface area contributed by atoms with E-state index in [9.17, 15) is 0 Å².